The summed E-state index contributed by atoms with van der Waals surface area (Å²) in [6, 6.07) is 3.88. The van der Waals surface area contributed by atoms with Gasteiger partial charge in [-0.25, -0.2) is 0 Å². The summed E-state index contributed by atoms with van der Waals surface area (Å²) in [6.07, 6.45) is 0. The molecule has 0 fully saturated rings. The van der Waals surface area contributed by atoms with E-state index >= 15 is 0 Å². The van der Waals surface area contributed by atoms with Crippen molar-refractivity contribution in [3.63, 3.8) is 0 Å². The number of halogens is 2. The van der Waals surface area contributed by atoms with Gasteiger partial charge in [-0.05, 0) is 50.7 Å². The smallest absolute Gasteiger partial charge is 0.137 e. The van der Waals surface area contributed by atoms with Crippen LogP contribution < -0.4 is 9.47 Å². The first-order chi connectivity index (χ1) is 5.69. The normalized spacial score (nSPS) is 9.67. The molecule has 66 valence electrons. The topological polar surface area (TPSA) is 18.5 Å². The minimum absolute atomic E-state index is 0.791. The van der Waals surface area contributed by atoms with Crippen molar-refractivity contribution in [1.82, 2.24) is 0 Å². The highest BCUT2D eigenvalue weighted by Crippen LogP contribution is 2.35. The van der Waals surface area contributed by atoms with Crippen LogP contribution in [0.4, 0.5) is 0 Å². The zero-order valence-electron chi connectivity index (χ0n) is 6.73. The predicted molar refractivity (Wildman–Crippen MR) is 60.0 cm³/mol. The van der Waals surface area contributed by atoms with Crippen LogP contribution in [0.15, 0.2) is 16.6 Å². The first-order valence-electron chi connectivity index (χ1n) is 3.26. The molecule has 0 aliphatic carbocycles. The van der Waals surface area contributed by atoms with Gasteiger partial charge >= 0.3 is 0 Å². The molecule has 0 amide bonds. The van der Waals surface area contributed by atoms with Gasteiger partial charge in [-0.1, -0.05) is 0 Å². The van der Waals surface area contributed by atoms with Gasteiger partial charge in [-0.2, -0.15) is 0 Å². The maximum atomic E-state index is 5.14. The Labute approximate surface area is 93.5 Å². The van der Waals surface area contributed by atoms with E-state index < -0.39 is 0 Å². The summed E-state index contributed by atoms with van der Waals surface area (Å²) in [7, 11) is 3.27. The fourth-order valence-electron chi connectivity index (χ4n) is 0.837. The minimum atomic E-state index is 0.791. The van der Waals surface area contributed by atoms with Crippen LogP contribution in [0, 0.1) is 3.57 Å². The molecule has 0 aliphatic rings. The average Bonchev–Trinajstić information content (AvgIpc) is 2.08. The highest BCUT2D eigenvalue weighted by molar-refractivity contribution is 14.1. The fraction of sp³-hybridized carbons (Fsp3) is 0.250. The van der Waals surface area contributed by atoms with Crippen molar-refractivity contribution < 1.29 is 9.47 Å². The second-order valence-corrected chi connectivity index (χ2v) is 4.16. The Morgan fingerprint density at radius 2 is 1.58 bits per heavy atom. The molecule has 0 radical (unpaired) electrons. The van der Waals surface area contributed by atoms with E-state index in [4.69, 9.17) is 9.47 Å². The van der Waals surface area contributed by atoms with Gasteiger partial charge in [-0.3, -0.25) is 0 Å². The van der Waals surface area contributed by atoms with Gasteiger partial charge in [-0.15, -0.1) is 0 Å². The molecule has 0 N–H and O–H groups in total. The third-order valence-electron chi connectivity index (χ3n) is 1.41. The van der Waals surface area contributed by atoms with Crippen LogP contribution in [-0.4, -0.2) is 14.2 Å². The van der Waals surface area contributed by atoms with Gasteiger partial charge in [0.15, 0.2) is 0 Å². The molecule has 1 rings (SSSR count). The van der Waals surface area contributed by atoms with Gasteiger partial charge < -0.3 is 9.47 Å². The summed E-state index contributed by atoms with van der Waals surface area (Å²) in [5, 5.41) is 0. The number of hydrogen-bond acceptors (Lipinski definition) is 2. The van der Waals surface area contributed by atoms with Gasteiger partial charge in [0.25, 0.3) is 0 Å². The summed E-state index contributed by atoms with van der Waals surface area (Å²) in [5.74, 6) is 1.58. The van der Waals surface area contributed by atoms with E-state index in [1.807, 2.05) is 12.1 Å². The van der Waals surface area contributed by atoms with Crippen molar-refractivity contribution in [2.24, 2.45) is 0 Å². The van der Waals surface area contributed by atoms with Crippen molar-refractivity contribution in [3.8, 4) is 11.5 Å². The van der Waals surface area contributed by atoms with Gasteiger partial charge in [0.2, 0.25) is 0 Å². The van der Waals surface area contributed by atoms with Crippen molar-refractivity contribution in [2.45, 2.75) is 0 Å². The van der Waals surface area contributed by atoms with Crippen molar-refractivity contribution in [2.75, 3.05) is 14.2 Å². The molecular weight excluding hydrogens is 335 g/mol. The Morgan fingerprint density at radius 3 is 1.92 bits per heavy atom. The number of benzene rings is 1. The lowest BCUT2D eigenvalue weighted by Gasteiger charge is -2.08. The lowest BCUT2D eigenvalue weighted by atomic mass is 10.3. The van der Waals surface area contributed by atoms with Crippen molar-refractivity contribution in [1.29, 1.82) is 0 Å². The maximum absolute atomic E-state index is 5.14. The molecule has 12 heavy (non-hydrogen) atoms. The SMILES string of the molecule is COc1cc(I)cc(OC)c1Br. The summed E-state index contributed by atoms with van der Waals surface area (Å²) >= 11 is 5.60. The van der Waals surface area contributed by atoms with E-state index in [-0.39, 0.29) is 0 Å². The van der Waals surface area contributed by atoms with E-state index in [2.05, 4.69) is 38.5 Å². The molecule has 0 spiro atoms. The van der Waals surface area contributed by atoms with E-state index in [0.29, 0.717) is 0 Å². The molecule has 0 atom stereocenters. The Balaban J connectivity index is 3.22. The highest BCUT2D eigenvalue weighted by Gasteiger charge is 2.07. The van der Waals surface area contributed by atoms with E-state index in [1.165, 1.54) is 0 Å². The van der Waals surface area contributed by atoms with Gasteiger partial charge in [0.1, 0.15) is 16.0 Å². The number of ether oxygens (including phenoxy) is 2. The quantitative estimate of drug-likeness (QED) is 0.769. The van der Waals surface area contributed by atoms with Gasteiger partial charge in [0.05, 0.1) is 14.2 Å². The third-order valence-corrected chi connectivity index (χ3v) is 2.81. The Hall–Kier alpha value is 0.0300. The molecule has 0 aromatic heterocycles. The summed E-state index contributed by atoms with van der Waals surface area (Å²) in [5.41, 5.74) is 0. The van der Waals surface area contributed by atoms with E-state index in [0.717, 1.165) is 19.5 Å². The molecule has 0 heterocycles. The third kappa shape index (κ3) is 2.04. The summed E-state index contributed by atoms with van der Waals surface area (Å²) in [4.78, 5) is 0. The number of rotatable bonds is 2. The largest absolute Gasteiger partial charge is 0.495 e. The van der Waals surface area contributed by atoms with E-state index in [1.54, 1.807) is 14.2 Å². The summed E-state index contributed by atoms with van der Waals surface area (Å²) in [6.45, 7) is 0. The zero-order chi connectivity index (χ0) is 9.14. The molecule has 0 saturated carbocycles. The Morgan fingerprint density at radius 1 is 1.17 bits per heavy atom. The van der Waals surface area contributed by atoms with E-state index in [9.17, 15) is 0 Å². The Kier molecular flexibility index (Phi) is 3.64. The second kappa shape index (κ2) is 4.32. The number of methoxy groups -OCH3 is 2. The average molecular weight is 343 g/mol. The Bertz CT molecular complexity index is 263. The maximum Gasteiger partial charge on any atom is 0.137 e. The van der Waals surface area contributed by atoms with Crippen LogP contribution in [0.25, 0.3) is 0 Å². The van der Waals surface area contributed by atoms with Crippen LogP contribution in [0.1, 0.15) is 0 Å². The fourth-order valence-corrected chi connectivity index (χ4v) is 1.96. The highest BCUT2D eigenvalue weighted by atomic mass is 127. The second-order valence-electron chi connectivity index (χ2n) is 2.12. The molecule has 0 bridgehead atoms. The molecule has 0 saturated heterocycles. The predicted octanol–water partition coefficient (Wildman–Crippen LogP) is 3.07. The first kappa shape index (κ1) is 10.1. The molecule has 0 unspecified atom stereocenters. The monoisotopic (exact) mass is 342 g/mol. The molecule has 1 aromatic rings. The molecule has 4 heteroatoms. The minimum Gasteiger partial charge on any atom is -0.495 e. The van der Waals surface area contributed by atoms with Crippen molar-refractivity contribution in [3.05, 3.63) is 20.2 Å². The zero-order valence-corrected chi connectivity index (χ0v) is 10.5. The van der Waals surface area contributed by atoms with Crippen LogP contribution >= 0.6 is 38.5 Å². The van der Waals surface area contributed by atoms with Crippen LogP contribution in [0.3, 0.4) is 0 Å². The van der Waals surface area contributed by atoms with Crippen LogP contribution in [-0.2, 0) is 0 Å². The lowest BCUT2D eigenvalue weighted by molar-refractivity contribution is 0.389. The molecule has 2 nitrogen and oxygen atoms in total. The molecular formula is C8H8BrIO2. The van der Waals surface area contributed by atoms with Crippen molar-refractivity contribution >= 4 is 38.5 Å². The summed E-state index contributed by atoms with van der Waals surface area (Å²) < 4.78 is 12.2. The molecule has 1 aromatic carbocycles. The van der Waals surface area contributed by atoms with Crippen LogP contribution in [0.5, 0.6) is 11.5 Å². The number of hydrogen-bond donors (Lipinski definition) is 0. The van der Waals surface area contributed by atoms with Crippen LogP contribution in [0.2, 0.25) is 0 Å². The first-order valence-corrected chi connectivity index (χ1v) is 5.13. The lowest BCUT2D eigenvalue weighted by Crippen LogP contribution is -1.90. The standard InChI is InChI=1S/C8H8BrIO2/c1-11-6-3-5(10)4-7(12-2)8(6)9/h3-4H,1-2H3. The van der Waals surface area contributed by atoms with Gasteiger partial charge in [0, 0.05) is 3.57 Å². The molecule has 0 aliphatic heterocycles.